The van der Waals surface area contributed by atoms with E-state index in [9.17, 15) is 9.59 Å². The molecule has 0 unspecified atom stereocenters. The van der Waals surface area contributed by atoms with Gasteiger partial charge < -0.3 is 15.2 Å². The van der Waals surface area contributed by atoms with Crippen LogP contribution in [0.15, 0.2) is 24.5 Å². The zero-order valence-electron chi connectivity index (χ0n) is 14.0. The monoisotopic (exact) mass is 331 g/mol. The number of carboxylic acid groups (broad SMARTS) is 1. The van der Waals surface area contributed by atoms with Crippen LogP contribution in [0.3, 0.4) is 0 Å². The molecule has 0 aliphatic heterocycles. The van der Waals surface area contributed by atoms with Crippen LogP contribution in [0.2, 0.25) is 0 Å². The topological polar surface area (TPSA) is 93.5 Å². The number of hydrogen-bond donors (Lipinski definition) is 2. The quantitative estimate of drug-likeness (QED) is 0.801. The largest absolute Gasteiger partial charge is 0.481 e. The fourth-order valence-electron chi connectivity index (χ4n) is 2.47. The lowest BCUT2D eigenvalue weighted by molar-refractivity contribution is -0.139. The smallest absolute Gasteiger partial charge is 0.341 e. The molecule has 0 radical (unpaired) electrons. The number of nitrogens with one attached hydrogen (secondary N) is 1. The molecule has 0 aliphatic rings. The number of ether oxygens (including phenoxy) is 1. The van der Waals surface area contributed by atoms with Gasteiger partial charge in [-0.1, -0.05) is 0 Å². The van der Waals surface area contributed by atoms with Crippen LogP contribution in [0.1, 0.15) is 27.0 Å². The molecule has 1 heterocycles. The van der Waals surface area contributed by atoms with Gasteiger partial charge in [0.15, 0.2) is 6.61 Å². The molecule has 24 heavy (non-hydrogen) atoms. The summed E-state index contributed by atoms with van der Waals surface area (Å²) in [6.45, 7) is 3.69. The van der Waals surface area contributed by atoms with Crippen molar-refractivity contribution in [2.45, 2.75) is 20.3 Å². The first-order valence-corrected chi connectivity index (χ1v) is 7.58. The van der Waals surface area contributed by atoms with E-state index in [-0.39, 0.29) is 5.91 Å². The molecule has 7 heteroatoms. The van der Waals surface area contributed by atoms with Gasteiger partial charge in [0.2, 0.25) is 0 Å². The molecule has 2 rings (SSSR count). The number of aryl methyl sites for hydroxylation is 3. The molecule has 7 nitrogen and oxygen atoms in total. The lowest BCUT2D eigenvalue weighted by Gasteiger charge is -2.13. The van der Waals surface area contributed by atoms with Crippen molar-refractivity contribution in [1.82, 2.24) is 15.1 Å². The van der Waals surface area contributed by atoms with Crippen LogP contribution in [-0.2, 0) is 18.3 Å². The first-order valence-electron chi connectivity index (χ1n) is 7.58. The number of benzene rings is 1. The van der Waals surface area contributed by atoms with Crippen molar-refractivity contribution in [3.05, 3.63) is 46.8 Å². The van der Waals surface area contributed by atoms with E-state index >= 15 is 0 Å². The maximum Gasteiger partial charge on any atom is 0.341 e. The molecule has 128 valence electrons. The van der Waals surface area contributed by atoms with E-state index in [4.69, 9.17) is 9.84 Å². The van der Waals surface area contributed by atoms with Gasteiger partial charge in [0.1, 0.15) is 5.75 Å². The average Bonchev–Trinajstić information content (AvgIpc) is 2.91. The highest BCUT2D eigenvalue weighted by atomic mass is 16.5. The molecule has 0 spiro atoms. The van der Waals surface area contributed by atoms with Gasteiger partial charge >= 0.3 is 5.97 Å². The van der Waals surface area contributed by atoms with Crippen molar-refractivity contribution in [3.8, 4) is 5.75 Å². The van der Waals surface area contributed by atoms with Gasteiger partial charge in [-0.15, -0.1) is 0 Å². The normalized spacial score (nSPS) is 10.5. The summed E-state index contributed by atoms with van der Waals surface area (Å²) in [7, 11) is 1.85. The molecule has 0 saturated heterocycles. The second kappa shape index (κ2) is 7.63. The van der Waals surface area contributed by atoms with Gasteiger partial charge in [-0.3, -0.25) is 9.48 Å². The molecule has 0 atom stereocenters. The number of carbonyl (C=O) groups excluding carboxylic acids is 1. The summed E-state index contributed by atoms with van der Waals surface area (Å²) < 4.78 is 6.99. The molecule has 2 aromatic rings. The Kier molecular flexibility index (Phi) is 5.57. The number of aromatic nitrogens is 2. The standard InChI is InChI=1S/C17H21N3O4/c1-11-6-14(7-12(2)16(11)24-10-15(21)22)17(23)18-5-4-13-8-19-20(3)9-13/h6-9H,4-5,10H2,1-3H3,(H,18,23)(H,21,22). The number of rotatable bonds is 7. The summed E-state index contributed by atoms with van der Waals surface area (Å²) in [4.78, 5) is 22.9. The van der Waals surface area contributed by atoms with Crippen LogP contribution >= 0.6 is 0 Å². The van der Waals surface area contributed by atoms with Crippen molar-refractivity contribution in [2.75, 3.05) is 13.2 Å². The Balaban J connectivity index is 1.97. The lowest BCUT2D eigenvalue weighted by atomic mass is 10.0. The molecule has 0 fully saturated rings. The summed E-state index contributed by atoms with van der Waals surface area (Å²) >= 11 is 0. The fourth-order valence-corrected chi connectivity index (χ4v) is 2.47. The zero-order valence-corrected chi connectivity index (χ0v) is 14.0. The van der Waals surface area contributed by atoms with E-state index in [1.165, 1.54) is 0 Å². The van der Waals surface area contributed by atoms with E-state index in [2.05, 4.69) is 10.4 Å². The third-order valence-corrected chi connectivity index (χ3v) is 3.52. The minimum Gasteiger partial charge on any atom is -0.481 e. The highest BCUT2D eigenvalue weighted by Crippen LogP contribution is 2.24. The molecular formula is C17H21N3O4. The van der Waals surface area contributed by atoms with E-state index in [1.54, 1.807) is 36.9 Å². The van der Waals surface area contributed by atoms with Crippen LogP contribution < -0.4 is 10.1 Å². The average molecular weight is 331 g/mol. The Morgan fingerprint density at radius 2 is 1.96 bits per heavy atom. The number of carbonyl (C=O) groups is 2. The second-order valence-corrected chi connectivity index (χ2v) is 5.65. The number of aliphatic carboxylic acids is 1. The zero-order chi connectivity index (χ0) is 17.7. The Morgan fingerprint density at radius 1 is 1.29 bits per heavy atom. The van der Waals surface area contributed by atoms with Gasteiger partial charge in [0.25, 0.3) is 5.91 Å². The predicted molar refractivity (Wildman–Crippen MR) is 88.3 cm³/mol. The summed E-state index contributed by atoms with van der Waals surface area (Å²) in [5.41, 5.74) is 3.05. The Hall–Kier alpha value is -2.83. The van der Waals surface area contributed by atoms with Crippen molar-refractivity contribution >= 4 is 11.9 Å². The summed E-state index contributed by atoms with van der Waals surface area (Å²) in [6, 6.07) is 3.40. The van der Waals surface area contributed by atoms with Gasteiger partial charge in [-0.2, -0.15) is 5.10 Å². The molecule has 0 aliphatic carbocycles. The Bertz CT molecular complexity index is 729. The molecule has 0 bridgehead atoms. The first-order chi connectivity index (χ1) is 11.4. The van der Waals surface area contributed by atoms with E-state index in [0.717, 1.165) is 16.7 Å². The number of carboxylic acids is 1. The summed E-state index contributed by atoms with van der Waals surface area (Å²) in [6.07, 6.45) is 4.39. The predicted octanol–water partition coefficient (Wildman–Crippen LogP) is 1.47. The van der Waals surface area contributed by atoms with Crippen molar-refractivity contribution in [1.29, 1.82) is 0 Å². The highest BCUT2D eigenvalue weighted by Gasteiger charge is 2.12. The summed E-state index contributed by atoms with van der Waals surface area (Å²) in [5.74, 6) is -0.704. The van der Waals surface area contributed by atoms with Crippen molar-refractivity contribution < 1.29 is 19.4 Å². The minimum atomic E-state index is -1.04. The molecular weight excluding hydrogens is 310 g/mol. The molecule has 2 N–H and O–H groups in total. The maximum atomic E-state index is 12.3. The van der Waals surface area contributed by atoms with E-state index in [0.29, 0.717) is 24.3 Å². The highest BCUT2D eigenvalue weighted by molar-refractivity contribution is 5.94. The number of nitrogens with zero attached hydrogens (tertiary/aromatic N) is 2. The lowest BCUT2D eigenvalue weighted by Crippen LogP contribution is -2.26. The van der Waals surface area contributed by atoms with E-state index in [1.807, 2.05) is 13.2 Å². The van der Waals surface area contributed by atoms with E-state index < -0.39 is 12.6 Å². The maximum absolute atomic E-state index is 12.3. The molecule has 0 saturated carbocycles. The minimum absolute atomic E-state index is 0.171. The molecule has 1 aromatic carbocycles. The molecule has 1 aromatic heterocycles. The molecule has 1 amide bonds. The van der Waals surface area contributed by atoms with Gasteiger partial charge in [-0.05, 0) is 49.1 Å². The third kappa shape index (κ3) is 4.58. The van der Waals surface area contributed by atoms with Crippen LogP contribution in [0.25, 0.3) is 0 Å². The number of hydrogen-bond acceptors (Lipinski definition) is 4. The first kappa shape index (κ1) is 17.5. The Labute approximate surface area is 140 Å². The third-order valence-electron chi connectivity index (χ3n) is 3.52. The van der Waals surface area contributed by atoms with Gasteiger partial charge in [-0.25, -0.2) is 4.79 Å². The summed E-state index contributed by atoms with van der Waals surface area (Å²) in [5, 5.41) is 15.7. The Morgan fingerprint density at radius 3 is 2.50 bits per heavy atom. The number of amides is 1. The fraction of sp³-hybridized carbons (Fsp3) is 0.353. The van der Waals surface area contributed by atoms with Crippen LogP contribution in [0.5, 0.6) is 5.75 Å². The van der Waals surface area contributed by atoms with Gasteiger partial charge in [0, 0.05) is 25.4 Å². The van der Waals surface area contributed by atoms with Crippen LogP contribution in [0, 0.1) is 13.8 Å². The van der Waals surface area contributed by atoms with Crippen LogP contribution in [0.4, 0.5) is 0 Å². The van der Waals surface area contributed by atoms with Crippen LogP contribution in [-0.4, -0.2) is 39.9 Å². The second-order valence-electron chi connectivity index (χ2n) is 5.65. The van der Waals surface area contributed by atoms with Gasteiger partial charge in [0.05, 0.1) is 6.20 Å². The van der Waals surface area contributed by atoms with Crippen molar-refractivity contribution in [3.63, 3.8) is 0 Å². The SMILES string of the molecule is Cc1cc(C(=O)NCCc2cnn(C)c2)cc(C)c1OCC(=O)O. The van der Waals surface area contributed by atoms with Crippen molar-refractivity contribution in [2.24, 2.45) is 7.05 Å².